The molecule has 0 saturated heterocycles. The highest BCUT2D eigenvalue weighted by atomic mass is 35.5. The lowest BCUT2D eigenvalue weighted by Gasteiger charge is -2.33. The lowest BCUT2D eigenvalue weighted by Crippen LogP contribution is -2.38. The van der Waals surface area contributed by atoms with E-state index in [4.69, 9.17) is 21.1 Å². The molecule has 152 valence electrons. The molecule has 0 unspecified atom stereocenters. The number of oxazole rings is 1. The van der Waals surface area contributed by atoms with E-state index in [0.29, 0.717) is 28.6 Å². The molecule has 3 heterocycles. The number of carbonyl (C=O) groups excluding carboxylic acids is 1. The molecule has 1 amide bonds. The Labute approximate surface area is 179 Å². The van der Waals surface area contributed by atoms with Gasteiger partial charge >= 0.3 is 0 Å². The van der Waals surface area contributed by atoms with Crippen molar-refractivity contribution in [3.05, 3.63) is 70.2 Å². The second-order valence-corrected chi connectivity index (χ2v) is 8.12. The summed E-state index contributed by atoms with van der Waals surface area (Å²) in [5.74, 6) is 0.562. The van der Waals surface area contributed by atoms with Crippen LogP contribution in [0, 0.1) is 6.92 Å². The molecule has 0 bridgehead atoms. The summed E-state index contributed by atoms with van der Waals surface area (Å²) in [5.41, 5.74) is 6.20. The Kier molecular flexibility index (Phi) is 4.40. The summed E-state index contributed by atoms with van der Waals surface area (Å²) in [5, 5.41) is 5.46. The molecule has 0 fully saturated rings. The Balaban J connectivity index is 1.49. The average molecular weight is 421 g/mol. The Morgan fingerprint density at radius 2 is 2.07 bits per heavy atom. The molecule has 1 atom stereocenters. The fourth-order valence-electron chi connectivity index (χ4n) is 4.36. The van der Waals surface area contributed by atoms with Crippen LogP contribution in [0.1, 0.15) is 40.5 Å². The number of nitrogens with zero attached hydrogens (tertiary/aromatic N) is 4. The fraction of sp³-hybridized carbons (Fsp3) is 0.261. The van der Waals surface area contributed by atoms with Crippen LogP contribution in [-0.4, -0.2) is 32.1 Å². The zero-order valence-corrected chi connectivity index (χ0v) is 17.8. The number of fused-ring (bicyclic) bond motifs is 2. The van der Waals surface area contributed by atoms with Crippen LogP contribution in [0.4, 0.5) is 0 Å². The van der Waals surface area contributed by atoms with Crippen molar-refractivity contribution in [1.82, 2.24) is 19.7 Å². The van der Waals surface area contributed by atoms with Gasteiger partial charge in [-0.25, -0.2) is 4.98 Å². The first-order valence-corrected chi connectivity index (χ1v) is 10.3. The van der Waals surface area contributed by atoms with Gasteiger partial charge in [0.05, 0.1) is 17.4 Å². The van der Waals surface area contributed by atoms with Crippen LogP contribution in [0.5, 0.6) is 0 Å². The van der Waals surface area contributed by atoms with Gasteiger partial charge in [-0.15, -0.1) is 0 Å². The Hall–Kier alpha value is -3.12. The summed E-state index contributed by atoms with van der Waals surface area (Å²) in [4.78, 5) is 19.5. The lowest BCUT2D eigenvalue weighted by molar-refractivity contribution is 0.0673. The van der Waals surface area contributed by atoms with E-state index in [1.54, 1.807) is 13.0 Å². The van der Waals surface area contributed by atoms with Crippen LogP contribution in [-0.2, 0) is 13.5 Å². The Morgan fingerprint density at radius 1 is 1.23 bits per heavy atom. The number of hydrogen-bond acceptors (Lipinski definition) is 4. The predicted molar refractivity (Wildman–Crippen MR) is 116 cm³/mol. The molecule has 0 N–H and O–H groups in total. The van der Waals surface area contributed by atoms with E-state index in [1.807, 2.05) is 60.0 Å². The van der Waals surface area contributed by atoms with Crippen molar-refractivity contribution < 1.29 is 9.21 Å². The quantitative estimate of drug-likeness (QED) is 0.460. The maximum Gasteiger partial charge on any atom is 0.254 e. The van der Waals surface area contributed by atoms with Crippen LogP contribution >= 0.6 is 11.6 Å². The molecule has 30 heavy (non-hydrogen) atoms. The van der Waals surface area contributed by atoms with Gasteiger partial charge in [0.2, 0.25) is 0 Å². The second kappa shape index (κ2) is 6.99. The minimum absolute atomic E-state index is 0.0286. The van der Waals surface area contributed by atoms with Crippen molar-refractivity contribution in [3.8, 4) is 11.3 Å². The minimum Gasteiger partial charge on any atom is -0.441 e. The molecule has 0 aliphatic carbocycles. The topological polar surface area (TPSA) is 64.2 Å². The van der Waals surface area contributed by atoms with Gasteiger partial charge in [0.15, 0.2) is 11.5 Å². The van der Waals surface area contributed by atoms with Gasteiger partial charge in [0, 0.05) is 42.2 Å². The number of carbonyl (C=O) groups is 1. The molecule has 4 aromatic rings. The average Bonchev–Trinajstić information content (AvgIpc) is 3.26. The van der Waals surface area contributed by atoms with Crippen LogP contribution < -0.4 is 0 Å². The molecule has 2 aromatic carbocycles. The number of amides is 1. The van der Waals surface area contributed by atoms with Crippen LogP contribution in [0.2, 0.25) is 5.02 Å². The zero-order valence-electron chi connectivity index (χ0n) is 17.0. The highest BCUT2D eigenvalue weighted by molar-refractivity contribution is 6.30. The maximum absolute atomic E-state index is 13.3. The third-order valence-corrected chi connectivity index (χ3v) is 5.98. The highest BCUT2D eigenvalue weighted by Crippen LogP contribution is 2.36. The molecule has 0 spiro atoms. The van der Waals surface area contributed by atoms with E-state index in [2.05, 4.69) is 4.98 Å². The van der Waals surface area contributed by atoms with E-state index >= 15 is 0 Å². The van der Waals surface area contributed by atoms with Gasteiger partial charge in [-0.05, 0) is 43.7 Å². The van der Waals surface area contributed by atoms with Crippen molar-refractivity contribution in [1.29, 1.82) is 0 Å². The van der Waals surface area contributed by atoms with Gasteiger partial charge in [-0.3, -0.25) is 9.48 Å². The summed E-state index contributed by atoms with van der Waals surface area (Å²) in [7, 11) is 1.94. The number of aryl methyl sites for hydroxylation is 2. The molecule has 5 rings (SSSR count). The normalized spacial score (nSPS) is 16.1. The Bertz CT molecular complexity index is 1290. The predicted octanol–water partition coefficient (Wildman–Crippen LogP) is 4.95. The Morgan fingerprint density at radius 3 is 2.87 bits per heavy atom. The third-order valence-electron chi connectivity index (χ3n) is 5.74. The summed E-state index contributed by atoms with van der Waals surface area (Å²) in [6.45, 7) is 4.45. The molecule has 0 radical (unpaired) electrons. The molecule has 6 nitrogen and oxygen atoms in total. The third kappa shape index (κ3) is 2.99. The maximum atomic E-state index is 13.3. The van der Waals surface area contributed by atoms with Crippen LogP contribution in [0.25, 0.3) is 22.4 Å². The number of halogens is 1. The van der Waals surface area contributed by atoms with E-state index in [-0.39, 0.29) is 11.9 Å². The largest absolute Gasteiger partial charge is 0.441 e. The van der Waals surface area contributed by atoms with Crippen molar-refractivity contribution >= 4 is 28.6 Å². The number of rotatable bonds is 2. The van der Waals surface area contributed by atoms with Crippen molar-refractivity contribution in [2.24, 2.45) is 7.05 Å². The number of hydrogen-bond donors (Lipinski definition) is 0. The van der Waals surface area contributed by atoms with Crippen LogP contribution in [0.15, 0.2) is 46.9 Å². The summed E-state index contributed by atoms with van der Waals surface area (Å²) in [6, 6.07) is 13.1. The molecule has 1 aliphatic rings. The van der Waals surface area contributed by atoms with Crippen molar-refractivity contribution in [2.75, 3.05) is 6.54 Å². The van der Waals surface area contributed by atoms with E-state index in [1.165, 1.54) is 5.56 Å². The first-order chi connectivity index (χ1) is 14.4. The highest BCUT2D eigenvalue weighted by Gasteiger charge is 2.33. The first-order valence-electron chi connectivity index (χ1n) is 9.92. The number of aromatic nitrogens is 3. The SMILES string of the molecule is Cc1nc2ccc(C(=O)N3CCc4c(nn(C)c4-c4cccc(Cl)c4)[C@@H]3C)cc2o1. The lowest BCUT2D eigenvalue weighted by atomic mass is 9.95. The summed E-state index contributed by atoms with van der Waals surface area (Å²) in [6.07, 6.45) is 0.741. The minimum atomic E-state index is -0.132. The molecule has 1 aliphatic heterocycles. The fourth-order valence-corrected chi connectivity index (χ4v) is 4.55. The molecular weight excluding hydrogens is 400 g/mol. The smallest absolute Gasteiger partial charge is 0.254 e. The van der Waals surface area contributed by atoms with Crippen molar-refractivity contribution in [3.63, 3.8) is 0 Å². The molecule has 2 aromatic heterocycles. The molecule has 7 heteroatoms. The van der Waals surface area contributed by atoms with Gasteiger partial charge in [-0.2, -0.15) is 5.10 Å². The van der Waals surface area contributed by atoms with E-state index in [0.717, 1.165) is 28.9 Å². The van der Waals surface area contributed by atoms with Crippen LogP contribution in [0.3, 0.4) is 0 Å². The monoisotopic (exact) mass is 420 g/mol. The van der Waals surface area contributed by atoms with Gasteiger partial charge < -0.3 is 9.32 Å². The second-order valence-electron chi connectivity index (χ2n) is 7.69. The van der Waals surface area contributed by atoms with E-state index in [9.17, 15) is 4.79 Å². The first kappa shape index (κ1) is 18.9. The molecular formula is C23H21ClN4O2. The van der Waals surface area contributed by atoms with Crippen molar-refractivity contribution in [2.45, 2.75) is 26.3 Å². The van der Waals surface area contributed by atoms with Gasteiger partial charge in [0.25, 0.3) is 5.91 Å². The molecule has 0 saturated carbocycles. The number of benzene rings is 2. The zero-order chi connectivity index (χ0) is 21.0. The standard InChI is InChI=1S/C23H21ClN4O2/c1-13-21-18(22(27(3)26-21)15-5-4-6-17(24)11-15)9-10-28(13)23(29)16-7-8-19-20(12-16)30-14(2)25-19/h4-8,11-13H,9-10H2,1-3H3/t13-/m0/s1. The van der Waals surface area contributed by atoms with Gasteiger partial charge in [0.1, 0.15) is 5.52 Å². The summed E-state index contributed by atoms with van der Waals surface area (Å²) >= 11 is 6.21. The van der Waals surface area contributed by atoms with E-state index < -0.39 is 0 Å². The summed E-state index contributed by atoms with van der Waals surface area (Å²) < 4.78 is 7.49. The van der Waals surface area contributed by atoms with Gasteiger partial charge in [-0.1, -0.05) is 23.7 Å².